The van der Waals surface area contributed by atoms with Crippen LogP contribution in [0.4, 0.5) is 5.69 Å². The monoisotopic (exact) mass is 440 g/mol. The Bertz CT molecular complexity index is 1440. The third-order valence-electron chi connectivity index (χ3n) is 5.81. The maximum Gasteiger partial charge on any atom is 0.300 e. The normalized spacial score (nSPS) is 17.6. The van der Waals surface area contributed by atoms with Crippen molar-refractivity contribution < 1.29 is 24.5 Å². The second-order valence-corrected chi connectivity index (χ2v) is 7.71. The van der Waals surface area contributed by atoms with Crippen molar-refractivity contribution in [3.8, 4) is 11.5 Å². The summed E-state index contributed by atoms with van der Waals surface area (Å²) in [5, 5.41) is 22.2. The van der Waals surface area contributed by atoms with E-state index in [2.05, 4.69) is 4.98 Å². The van der Waals surface area contributed by atoms with Gasteiger partial charge in [0.1, 0.15) is 17.3 Å². The molecule has 0 aliphatic carbocycles. The fraction of sp³-hybridized carbons (Fsp3) is 0.0769. The summed E-state index contributed by atoms with van der Waals surface area (Å²) in [4.78, 5) is 30.9. The number of carbonyl (C=O) groups excluding carboxylic acids is 2. The predicted molar refractivity (Wildman–Crippen MR) is 124 cm³/mol. The van der Waals surface area contributed by atoms with Crippen molar-refractivity contribution in [3.05, 3.63) is 95.7 Å². The van der Waals surface area contributed by atoms with Crippen LogP contribution in [0.25, 0.3) is 16.7 Å². The average molecular weight is 440 g/mol. The number of aromatic amines is 1. The number of phenols is 1. The average Bonchev–Trinajstić information content (AvgIpc) is 3.38. The molecule has 33 heavy (non-hydrogen) atoms. The highest BCUT2D eigenvalue weighted by atomic mass is 16.5. The Morgan fingerprint density at radius 2 is 1.79 bits per heavy atom. The molecule has 7 nitrogen and oxygen atoms in total. The molecule has 1 aliphatic rings. The van der Waals surface area contributed by atoms with Gasteiger partial charge in [0, 0.05) is 34.4 Å². The van der Waals surface area contributed by atoms with E-state index < -0.39 is 17.7 Å². The second-order valence-electron chi connectivity index (χ2n) is 7.71. The highest BCUT2D eigenvalue weighted by Crippen LogP contribution is 2.44. The molecule has 164 valence electrons. The summed E-state index contributed by atoms with van der Waals surface area (Å²) in [5.41, 5.74) is 2.06. The molecular weight excluding hydrogens is 420 g/mol. The summed E-state index contributed by atoms with van der Waals surface area (Å²) in [5.74, 6) is -1.38. The largest absolute Gasteiger partial charge is 0.508 e. The van der Waals surface area contributed by atoms with Crippen molar-refractivity contribution in [1.29, 1.82) is 0 Å². The van der Waals surface area contributed by atoms with Crippen molar-refractivity contribution >= 4 is 34.0 Å². The number of ether oxygens (including phenoxy) is 1. The van der Waals surface area contributed by atoms with Crippen molar-refractivity contribution in [1.82, 2.24) is 4.98 Å². The molecule has 3 N–H and O–H groups in total. The number of ketones is 1. The summed E-state index contributed by atoms with van der Waals surface area (Å²) in [6.45, 7) is 0. The summed E-state index contributed by atoms with van der Waals surface area (Å²) < 4.78 is 5.29. The fourth-order valence-corrected chi connectivity index (χ4v) is 4.28. The van der Waals surface area contributed by atoms with E-state index >= 15 is 0 Å². The number of hydrogen-bond donors (Lipinski definition) is 3. The lowest BCUT2D eigenvalue weighted by atomic mass is 9.95. The number of methoxy groups -OCH3 is 1. The Hall–Kier alpha value is -4.52. The number of rotatable bonds is 4. The van der Waals surface area contributed by atoms with Gasteiger partial charge in [-0.25, -0.2) is 0 Å². The van der Waals surface area contributed by atoms with Gasteiger partial charge in [0.25, 0.3) is 11.7 Å². The molecule has 1 aliphatic heterocycles. The SMILES string of the molecule is COc1cccc(N2C(=O)C(=O)/C(=C(\O)c3c[nH]c4ccccc34)C2c2cccc(O)c2)c1. The van der Waals surface area contributed by atoms with E-state index in [0.717, 1.165) is 10.9 Å². The zero-order valence-electron chi connectivity index (χ0n) is 17.6. The first-order valence-corrected chi connectivity index (χ1v) is 10.3. The van der Waals surface area contributed by atoms with Gasteiger partial charge in [-0.2, -0.15) is 0 Å². The molecule has 0 saturated carbocycles. The fourth-order valence-electron chi connectivity index (χ4n) is 4.28. The molecule has 7 heteroatoms. The maximum atomic E-state index is 13.3. The zero-order valence-corrected chi connectivity index (χ0v) is 17.6. The number of hydrogen-bond acceptors (Lipinski definition) is 5. The second kappa shape index (κ2) is 7.87. The number of aromatic nitrogens is 1. The highest BCUT2D eigenvalue weighted by molar-refractivity contribution is 6.51. The van der Waals surface area contributed by atoms with Gasteiger partial charge >= 0.3 is 0 Å². The number of phenolic OH excluding ortho intramolecular Hbond substituents is 1. The number of benzene rings is 3. The van der Waals surface area contributed by atoms with Crippen LogP contribution in [-0.2, 0) is 9.59 Å². The summed E-state index contributed by atoms with van der Waals surface area (Å²) in [7, 11) is 1.51. The van der Waals surface area contributed by atoms with Crippen LogP contribution in [0.5, 0.6) is 11.5 Å². The minimum atomic E-state index is -0.946. The Balaban J connectivity index is 1.76. The van der Waals surface area contributed by atoms with E-state index in [4.69, 9.17) is 4.74 Å². The molecule has 4 aromatic rings. The maximum absolute atomic E-state index is 13.3. The molecular formula is C26H20N2O5. The van der Waals surface area contributed by atoms with Crippen molar-refractivity contribution in [2.24, 2.45) is 0 Å². The van der Waals surface area contributed by atoms with Crippen LogP contribution >= 0.6 is 0 Å². The number of nitrogens with zero attached hydrogens (tertiary/aromatic N) is 1. The number of Topliss-reactive ketones (excluding diaryl/α,β-unsaturated/α-hetero) is 1. The third kappa shape index (κ3) is 3.30. The van der Waals surface area contributed by atoms with Crippen LogP contribution in [0.15, 0.2) is 84.6 Å². The zero-order chi connectivity index (χ0) is 23.1. The van der Waals surface area contributed by atoms with Gasteiger partial charge in [-0.05, 0) is 35.9 Å². The highest BCUT2D eigenvalue weighted by Gasteiger charge is 2.47. The molecule has 1 saturated heterocycles. The van der Waals surface area contributed by atoms with Gasteiger partial charge in [-0.1, -0.05) is 36.4 Å². The summed E-state index contributed by atoms with van der Waals surface area (Å²) in [6.07, 6.45) is 1.61. The molecule has 3 aromatic carbocycles. The van der Waals surface area contributed by atoms with Crippen LogP contribution in [0.2, 0.25) is 0 Å². The number of anilines is 1. The van der Waals surface area contributed by atoms with Crippen LogP contribution in [-0.4, -0.2) is 34.0 Å². The summed E-state index contributed by atoms with van der Waals surface area (Å²) >= 11 is 0. The van der Waals surface area contributed by atoms with E-state index in [9.17, 15) is 19.8 Å². The first-order valence-electron chi connectivity index (χ1n) is 10.3. The van der Waals surface area contributed by atoms with Crippen LogP contribution < -0.4 is 9.64 Å². The van der Waals surface area contributed by atoms with Gasteiger partial charge in [0.2, 0.25) is 0 Å². The van der Waals surface area contributed by atoms with E-state index in [1.165, 1.54) is 24.1 Å². The first-order chi connectivity index (χ1) is 16.0. The number of amides is 1. The Kier molecular flexibility index (Phi) is 4.86. The van der Waals surface area contributed by atoms with Gasteiger partial charge in [-0.3, -0.25) is 14.5 Å². The molecule has 2 heterocycles. The van der Waals surface area contributed by atoms with Crippen molar-refractivity contribution in [2.75, 3.05) is 12.0 Å². The molecule has 1 unspecified atom stereocenters. The molecule has 1 atom stereocenters. The number of nitrogens with one attached hydrogen (secondary N) is 1. The van der Waals surface area contributed by atoms with Crippen molar-refractivity contribution in [2.45, 2.75) is 6.04 Å². The predicted octanol–water partition coefficient (Wildman–Crippen LogP) is 4.51. The van der Waals surface area contributed by atoms with Crippen LogP contribution in [0, 0.1) is 0 Å². The van der Waals surface area contributed by atoms with Crippen molar-refractivity contribution in [3.63, 3.8) is 0 Å². The number of fused-ring (bicyclic) bond motifs is 1. The summed E-state index contributed by atoms with van der Waals surface area (Å²) in [6, 6.07) is 19.5. The lowest BCUT2D eigenvalue weighted by Gasteiger charge is -2.25. The lowest BCUT2D eigenvalue weighted by Crippen LogP contribution is -2.29. The van der Waals surface area contributed by atoms with E-state index in [0.29, 0.717) is 22.6 Å². The van der Waals surface area contributed by atoms with Crippen LogP contribution in [0.3, 0.4) is 0 Å². The van der Waals surface area contributed by atoms with Gasteiger partial charge in [-0.15, -0.1) is 0 Å². The van der Waals surface area contributed by atoms with E-state index in [-0.39, 0.29) is 17.1 Å². The number of aromatic hydroxyl groups is 1. The number of para-hydroxylation sites is 1. The topological polar surface area (TPSA) is 103 Å². The minimum absolute atomic E-state index is 0.0178. The van der Waals surface area contributed by atoms with Gasteiger partial charge in [0.15, 0.2) is 0 Å². The molecule has 5 rings (SSSR count). The Morgan fingerprint density at radius 3 is 2.58 bits per heavy atom. The molecule has 1 fully saturated rings. The number of H-pyrrole nitrogens is 1. The number of aliphatic hydroxyl groups is 1. The van der Waals surface area contributed by atoms with E-state index in [1.54, 1.807) is 42.6 Å². The van der Waals surface area contributed by atoms with Crippen LogP contribution in [0.1, 0.15) is 17.2 Å². The molecule has 0 radical (unpaired) electrons. The Morgan fingerprint density at radius 1 is 1.00 bits per heavy atom. The lowest BCUT2D eigenvalue weighted by molar-refractivity contribution is -0.132. The van der Waals surface area contributed by atoms with E-state index in [1.807, 2.05) is 24.3 Å². The first kappa shape index (κ1) is 20.4. The molecule has 1 amide bonds. The molecule has 0 bridgehead atoms. The molecule has 0 spiro atoms. The number of carbonyl (C=O) groups is 2. The molecule has 1 aromatic heterocycles. The minimum Gasteiger partial charge on any atom is -0.508 e. The quantitative estimate of drug-likeness (QED) is 0.246. The third-order valence-corrected chi connectivity index (χ3v) is 5.81. The van der Waals surface area contributed by atoms with Gasteiger partial charge in [0.05, 0.1) is 18.7 Å². The number of aliphatic hydroxyl groups excluding tert-OH is 1. The standard InChI is InChI=1S/C26H20N2O5/c1-33-18-9-5-7-16(13-18)28-23(15-6-4-8-17(29)12-15)22(25(31)26(28)32)24(30)20-14-27-21-11-3-2-10-19(20)21/h2-14,23,27,29-30H,1H3/b24-22-. The smallest absolute Gasteiger partial charge is 0.300 e. The van der Waals surface area contributed by atoms with Gasteiger partial charge < -0.3 is 19.9 Å². The Labute approximate surface area is 189 Å².